The van der Waals surface area contributed by atoms with Gasteiger partial charge in [-0.1, -0.05) is 30.3 Å². The molecule has 0 saturated heterocycles. The quantitative estimate of drug-likeness (QED) is 0.858. The molecular weight excluding hydrogens is 248 g/mol. The van der Waals surface area contributed by atoms with Gasteiger partial charge >= 0.3 is 0 Å². The van der Waals surface area contributed by atoms with Crippen molar-refractivity contribution in [3.63, 3.8) is 0 Å². The second-order valence-corrected chi connectivity index (χ2v) is 4.30. The Kier molecular flexibility index (Phi) is 4.02. The van der Waals surface area contributed by atoms with Crippen LogP contribution in [0.1, 0.15) is 28.4 Å². The molecule has 0 aromatic heterocycles. The van der Waals surface area contributed by atoms with Crippen LogP contribution in [0.2, 0.25) is 0 Å². The predicted octanol–water partition coefficient (Wildman–Crippen LogP) is 3.24. The highest BCUT2D eigenvalue weighted by Gasteiger charge is 2.14. The van der Waals surface area contributed by atoms with E-state index in [2.05, 4.69) is 0 Å². The Hall–Kier alpha value is -2.07. The highest BCUT2D eigenvalue weighted by atomic mass is 19.1. The van der Waals surface area contributed by atoms with E-state index in [0.29, 0.717) is 0 Å². The molecule has 0 heterocycles. The van der Waals surface area contributed by atoms with Crippen LogP contribution >= 0.6 is 0 Å². The van der Waals surface area contributed by atoms with E-state index in [1.54, 1.807) is 0 Å². The molecule has 0 radical (unpaired) electrons. The van der Waals surface area contributed by atoms with Gasteiger partial charge in [0.2, 0.25) is 0 Å². The SMILES string of the molecule is NC(CC(=O)c1cc(F)cc(F)c1)c1ccccc1. The Morgan fingerprint density at radius 2 is 1.63 bits per heavy atom. The summed E-state index contributed by atoms with van der Waals surface area (Å²) in [6.45, 7) is 0. The molecule has 0 spiro atoms. The Balaban J connectivity index is 2.13. The minimum absolute atomic E-state index is 0.00359. The van der Waals surface area contributed by atoms with Gasteiger partial charge < -0.3 is 5.73 Å². The van der Waals surface area contributed by atoms with Gasteiger partial charge in [0, 0.05) is 24.1 Å². The molecule has 2 aromatic carbocycles. The highest BCUT2D eigenvalue weighted by molar-refractivity contribution is 5.96. The van der Waals surface area contributed by atoms with E-state index in [1.807, 2.05) is 30.3 Å². The van der Waals surface area contributed by atoms with Gasteiger partial charge in [0.15, 0.2) is 5.78 Å². The average molecular weight is 261 g/mol. The van der Waals surface area contributed by atoms with Crippen molar-refractivity contribution in [2.75, 3.05) is 0 Å². The van der Waals surface area contributed by atoms with E-state index < -0.39 is 17.7 Å². The maximum Gasteiger partial charge on any atom is 0.164 e. The van der Waals surface area contributed by atoms with Gasteiger partial charge in [-0.25, -0.2) is 8.78 Å². The third-order valence-electron chi connectivity index (χ3n) is 2.82. The number of nitrogens with two attached hydrogens (primary N) is 1. The Morgan fingerprint density at radius 3 is 2.21 bits per heavy atom. The second kappa shape index (κ2) is 5.71. The van der Waals surface area contributed by atoms with Crippen molar-refractivity contribution < 1.29 is 13.6 Å². The van der Waals surface area contributed by atoms with E-state index in [-0.39, 0.29) is 17.8 Å². The molecule has 2 aromatic rings. The molecule has 2 nitrogen and oxygen atoms in total. The normalized spacial score (nSPS) is 12.2. The van der Waals surface area contributed by atoms with Gasteiger partial charge in [-0.15, -0.1) is 0 Å². The molecule has 0 fully saturated rings. The summed E-state index contributed by atoms with van der Waals surface area (Å²) in [7, 11) is 0. The first-order chi connectivity index (χ1) is 9.06. The smallest absolute Gasteiger partial charge is 0.164 e. The lowest BCUT2D eigenvalue weighted by molar-refractivity contribution is 0.0973. The third-order valence-corrected chi connectivity index (χ3v) is 2.82. The zero-order valence-electron chi connectivity index (χ0n) is 10.1. The summed E-state index contributed by atoms with van der Waals surface area (Å²) >= 11 is 0. The van der Waals surface area contributed by atoms with E-state index in [1.165, 1.54) is 0 Å². The molecule has 1 atom stereocenters. The number of rotatable bonds is 4. The number of ketones is 1. The van der Waals surface area contributed by atoms with Crippen molar-refractivity contribution >= 4 is 5.78 Å². The molecule has 2 N–H and O–H groups in total. The molecule has 0 amide bonds. The summed E-state index contributed by atoms with van der Waals surface area (Å²) in [5.74, 6) is -1.91. The van der Waals surface area contributed by atoms with Gasteiger partial charge in [-0.2, -0.15) is 0 Å². The number of benzene rings is 2. The average Bonchev–Trinajstić information content (AvgIpc) is 2.38. The van der Waals surface area contributed by atoms with E-state index in [9.17, 15) is 13.6 Å². The lowest BCUT2D eigenvalue weighted by Crippen LogP contribution is -2.15. The second-order valence-electron chi connectivity index (χ2n) is 4.30. The fourth-order valence-electron chi connectivity index (χ4n) is 1.85. The number of carbonyl (C=O) groups is 1. The van der Waals surface area contributed by atoms with Gasteiger partial charge in [0.25, 0.3) is 0 Å². The first-order valence-electron chi connectivity index (χ1n) is 5.86. The molecule has 0 aliphatic rings. The highest BCUT2D eigenvalue weighted by Crippen LogP contribution is 2.17. The topological polar surface area (TPSA) is 43.1 Å². The summed E-state index contributed by atoms with van der Waals surface area (Å²) in [4.78, 5) is 11.9. The molecule has 0 bridgehead atoms. The van der Waals surface area contributed by atoms with Gasteiger partial charge in [-0.05, 0) is 17.7 Å². The fraction of sp³-hybridized carbons (Fsp3) is 0.133. The zero-order chi connectivity index (χ0) is 13.8. The number of Topliss-reactive ketones (excluding diaryl/α,β-unsaturated/α-hetero) is 1. The Labute approximate surface area is 109 Å². The van der Waals surface area contributed by atoms with Crippen LogP contribution in [0.4, 0.5) is 8.78 Å². The van der Waals surface area contributed by atoms with Crippen LogP contribution in [0.25, 0.3) is 0 Å². The Morgan fingerprint density at radius 1 is 1.05 bits per heavy atom. The van der Waals surface area contributed by atoms with Crippen LogP contribution in [-0.4, -0.2) is 5.78 Å². The fourth-order valence-corrected chi connectivity index (χ4v) is 1.85. The summed E-state index contributed by atoms with van der Waals surface area (Å²) < 4.78 is 26.1. The van der Waals surface area contributed by atoms with Crippen LogP contribution in [0.5, 0.6) is 0 Å². The maximum atomic E-state index is 13.0. The number of hydrogen-bond donors (Lipinski definition) is 1. The number of carbonyl (C=O) groups excluding carboxylic acids is 1. The first kappa shape index (κ1) is 13.4. The number of halogens is 2. The van der Waals surface area contributed by atoms with E-state index >= 15 is 0 Å². The van der Waals surface area contributed by atoms with Crippen LogP contribution < -0.4 is 5.73 Å². The summed E-state index contributed by atoms with van der Waals surface area (Å²) in [5.41, 5.74) is 6.72. The van der Waals surface area contributed by atoms with Crippen molar-refractivity contribution in [2.24, 2.45) is 5.73 Å². The van der Waals surface area contributed by atoms with E-state index in [0.717, 1.165) is 23.8 Å². The lowest BCUT2D eigenvalue weighted by Gasteiger charge is -2.11. The summed E-state index contributed by atoms with van der Waals surface area (Å²) in [6, 6.07) is 11.4. The third kappa shape index (κ3) is 3.45. The summed E-state index contributed by atoms with van der Waals surface area (Å²) in [6.07, 6.45) is 0.00685. The summed E-state index contributed by atoms with van der Waals surface area (Å²) in [5, 5.41) is 0. The largest absolute Gasteiger partial charge is 0.324 e. The van der Waals surface area contributed by atoms with Crippen LogP contribution in [0.15, 0.2) is 48.5 Å². The van der Waals surface area contributed by atoms with Gasteiger partial charge in [0.1, 0.15) is 11.6 Å². The first-order valence-corrected chi connectivity index (χ1v) is 5.86. The molecule has 0 aliphatic carbocycles. The van der Waals surface area contributed by atoms with Crippen molar-refractivity contribution in [3.05, 3.63) is 71.3 Å². The Bertz CT molecular complexity index is 564. The standard InChI is InChI=1S/C15H13F2NO/c16-12-6-11(7-13(17)8-12)15(19)9-14(18)10-4-2-1-3-5-10/h1-8,14H,9,18H2. The van der Waals surface area contributed by atoms with Crippen LogP contribution in [0.3, 0.4) is 0 Å². The molecule has 1 unspecified atom stereocenters. The van der Waals surface area contributed by atoms with Crippen molar-refractivity contribution in [3.8, 4) is 0 Å². The van der Waals surface area contributed by atoms with Crippen molar-refractivity contribution in [2.45, 2.75) is 12.5 Å². The molecule has 0 saturated carbocycles. The predicted molar refractivity (Wildman–Crippen MR) is 68.7 cm³/mol. The van der Waals surface area contributed by atoms with Crippen LogP contribution in [0, 0.1) is 11.6 Å². The zero-order valence-corrected chi connectivity index (χ0v) is 10.1. The lowest BCUT2D eigenvalue weighted by atomic mass is 9.98. The van der Waals surface area contributed by atoms with Gasteiger partial charge in [0.05, 0.1) is 0 Å². The molecule has 2 rings (SSSR count). The monoisotopic (exact) mass is 261 g/mol. The number of hydrogen-bond acceptors (Lipinski definition) is 2. The molecule has 0 aliphatic heterocycles. The van der Waals surface area contributed by atoms with Crippen LogP contribution in [-0.2, 0) is 0 Å². The van der Waals surface area contributed by atoms with Crippen molar-refractivity contribution in [1.29, 1.82) is 0 Å². The molecular formula is C15H13F2NO. The molecule has 4 heteroatoms. The molecule has 19 heavy (non-hydrogen) atoms. The van der Waals surface area contributed by atoms with Crippen molar-refractivity contribution in [1.82, 2.24) is 0 Å². The minimum Gasteiger partial charge on any atom is -0.324 e. The van der Waals surface area contributed by atoms with E-state index in [4.69, 9.17) is 5.73 Å². The maximum absolute atomic E-state index is 13.0. The molecule has 98 valence electrons. The van der Waals surface area contributed by atoms with Gasteiger partial charge in [-0.3, -0.25) is 4.79 Å². The minimum atomic E-state index is -0.767.